The monoisotopic (exact) mass is 364 g/mol. The van der Waals surface area contributed by atoms with Crippen molar-refractivity contribution in [1.29, 1.82) is 0 Å². The molecule has 2 aromatic rings. The smallest absolute Gasteiger partial charge is 0.246 e. The van der Waals surface area contributed by atoms with E-state index in [-0.39, 0.29) is 18.6 Å². The summed E-state index contributed by atoms with van der Waals surface area (Å²) in [5, 5.41) is 4.75. The minimum atomic E-state index is -0.0914. The fourth-order valence-electron chi connectivity index (χ4n) is 3.28. The van der Waals surface area contributed by atoms with Crippen molar-refractivity contribution in [2.24, 2.45) is 0 Å². The van der Waals surface area contributed by atoms with E-state index in [1.54, 1.807) is 0 Å². The van der Waals surface area contributed by atoms with Crippen molar-refractivity contribution in [3.63, 3.8) is 0 Å². The van der Waals surface area contributed by atoms with Crippen LogP contribution in [0.1, 0.15) is 30.5 Å². The fraction of sp³-hybridized carbons (Fsp3) is 0.526. The second-order valence-corrected chi connectivity index (χ2v) is 6.96. The molecular formula is C19H25ClN2O3. The molecular weight excluding hydrogens is 340 g/mol. The molecule has 0 spiro atoms. The van der Waals surface area contributed by atoms with Crippen LogP contribution in [0.4, 0.5) is 0 Å². The van der Waals surface area contributed by atoms with Crippen LogP contribution in [0.3, 0.4) is 0 Å². The molecule has 0 saturated carbocycles. The van der Waals surface area contributed by atoms with Gasteiger partial charge in [-0.1, -0.05) is 11.6 Å². The molecule has 0 unspecified atom stereocenters. The Balaban J connectivity index is 1.42. The summed E-state index contributed by atoms with van der Waals surface area (Å²) in [6, 6.07) is 5.82. The maximum atomic E-state index is 11.9. The molecule has 2 heterocycles. The van der Waals surface area contributed by atoms with E-state index in [0.717, 1.165) is 47.5 Å². The number of aryl methyl sites for hydroxylation is 1. The van der Waals surface area contributed by atoms with Gasteiger partial charge in [0.2, 0.25) is 5.91 Å². The Morgan fingerprint density at radius 2 is 2.32 bits per heavy atom. The SMILES string of the molecule is Cc1[nH]c2ccc(Cl)cc2c1CCNC(=O)COC[C@H]1CCCCO1. The number of aromatic nitrogens is 1. The van der Waals surface area contributed by atoms with Gasteiger partial charge in [0.05, 0.1) is 12.7 Å². The van der Waals surface area contributed by atoms with Crippen LogP contribution < -0.4 is 5.32 Å². The Hall–Kier alpha value is -1.56. The summed E-state index contributed by atoms with van der Waals surface area (Å²) in [4.78, 5) is 15.3. The van der Waals surface area contributed by atoms with E-state index in [2.05, 4.69) is 10.3 Å². The molecule has 25 heavy (non-hydrogen) atoms. The summed E-state index contributed by atoms with van der Waals surface area (Å²) in [6.45, 7) is 3.99. The van der Waals surface area contributed by atoms with Gasteiger partial charge in [0.25, 0.3) is 0 Å². The highest BCUT2D eigenvalue weighted by Gasteiger charge is 2.14. The van der Waals surface area contributed by atoms with Gasteiger partial charge in [0, 0.05) is 34.8 Å². The summed E-state index contributed by atoms with van der Waals surface area (Å²) in [5.41, 5.74) is 3.37. The summed E-state index contributed by atoms with van der Waals surface area (Å²) >= 11 is 6.10. The Bertz CT molecular complexity index is 723. The van der Waals surface area contributed by atoms with E-state index in [1.165, 1.54) is 12.0 Å². The lowest BCUT2D eigenvalue weighted by Gasteiger charge is -2.22. The summed E-state index contributed by atoms with van der Waals surface area (Å²) in [5.74, 6) is -0.0914. The zero-order valence-electron chi connectivity index (χ0n) is 14.6. The van der Waals surface area contributed by atoms with Gasteiger partial charge in [-0.25, -0.2) is 0 Å². The summed E-state index contributed by atoms with van der Waals surface area (Å²) < 4.78 is 11.1. The van der Waals surface area contributed by atoms with Crippen molar-refractivity contribution in [1.82, 2.24) is 10.3 Å². The van der Waals surface area contributed by atoms with Crippen LogP contribution in [0.15, 0.2) is 18.2 Å². The third-order valence-electron chi connectivity index (χ3n) is 4.59. The number of aromatic amines is 1. The Morgan fingerprint density at radius 3 is 3.12 bits per heavy atom. The van der Waals surface area contributed by atoms with Crippen LogP contribution in [-0.2, 0) is 20.7 Å². The highest BCUT2D eigenvalue weighted by Crippen LogP contribution is 2.25. The van der Waals surface area contributed by atoms with Crippen molar-refractivity contribution >= 4 is 28.4 Å². The number of amides is 1. The lowest BCUT2D eigenvalue weighted by molar-refractivity contribution is -0.127. The predicted molar refractivity (Wildman–Crippen MR) is 99.2 cm³/mol. The summed E-state index contributed by atoms with van der Waals surface area (Å²) in [6.07, 6.45) is 4.21. The molecule has 6 heteroatoms. The average Bonchev–Trinajstić information content (AvgIpc) is 2.91. The second kappa shape index (κ2) is 8.70. The molecule has 2 N–H and O–H groups in total. The standard InChI is InChI=1S/C19H25ClN2O3/c1-13-16(17-10-14(20)5-6-18(17)22-13)7-8-21-19(23)12-24-11-15-4-2-3-9-25-15/h5-6,10,15,22H,2-4,7-9,11-12H2,1H3,(H,21,23)/t15-/m1/s1. The van der Waals surface area contributed by atoms with Gasteiger partial charge in [-0.2, -0.15) is 0 Å². The minimum Gasteiger partial charge on any atom is -0.376 e. The van der Waals surface area contributed by atoms with Crippen molar-refractivity contribution < 1.29 is 14.3 Å². The third-order valence-corrected chi connectivity index (χ3v) is 4.82. The Labute approximate surface area is 153 Å². The lowest BCUT2D eigenvalue weighted by atomic mass is 10.1. The number of nitrogens with one attached hydrogen (secondary N) is 2. The summed E-state index contributed by atoms with van der Waals surface area (Å²) in [7, 11) is 0. The molecule has 0 radical (unpaired) electrons. The zero-order valence-corrected chi connectivity index (χ0v) is 15.3. The molecule has 0 aliphatic carbocycles. The zero-order chi connectivity index (χ0) is 17.6. The molecule has 1 fully saturated rings. The van der Waals surface area contributed by atoms with Gasteiger partial charge in [-0.3, -0.25) is 4.79 Å². The number of H-pyrrole nitrogens is 1. The van der Waals surface area contributed by atoms with E-state index in [1.807, 2.05) is 25.1 Å². The van der Waals surface area contributed by atoms with Crippen LogP contribution >= 0.6 is 11.6 Å². The molecule has 1 aromatic carbocycles. The maximum Gasteiger partial charge on any atom is 0.246 e. The molecule has 1 amide bonds. The van der Waals surface area contributed by atoms with E-state index in [4.69, 9.17) is 21.1 Å². The predicted octanol–water partition coefficient (Wildman–Crippen LogP) is 3.37. The van der Waals surface area contributed by atoms with Crippen LogP contribution in [0.25, 0.3) is 10.9 Å². The average molecular weight is 365 g/mol. The van der Waals surface area contributed by atoms with Gasteiger partial charge in [0.1, 0.15) is 6.61 Å². The number of hydrogen-bond donors (Lipinski definition) is 2. The quantitative estimate of drug-likeness (QED) is 0.791. The Morgan fingerprint density at radius 1 is 1.44 bits per heavy atom. The van der Waals surface area contributed by atoms with Crippen molar-refractivity contribution in [3.05, 3.63) is 34.5 Å². The highest BCUT2D eigenvalue weighted by atomic mass is 35.5. The van der Waals surface area contributed by atoms with Crippen LogP contribution in [0, 0.1) is 6.92 Å². The molecule has 1 aliphatic rings. The van der Waals surface area contributed by atoms with E-state index in [0.29, 0.717) is 13.2 Å². The van der Waals surface area contributed by atoms with Gasteiger partial charge >= 0.3 is 0 Å². The Kier molecular flexibility index (Phi) is 6.34. The number of benzene rings is 1. The number of halogens is 1. The highest BCUT2D eigenvalue weighted by molar-refractivity contribution is 6.31. The van der Waals surface area contributed by atoms with E-state index >= 15 is 0 Å². The number of hydrogen-bond acceptors (Lipinski definition) is 3. The van der Waals surface area contributed by atoms with Crippen molar-refractivity contribution in [2.45, 2.75) is 38.7 Å². The number of carbonyl (C=O) groups is 1. The van der Waals surface area contributed by atoms with Crippen LogP contribution in [0.2, 0.25) is 5.02 Å². The fourth-order valence-corrected chi connectivity index (χ4v) is 3.45. The molecule has 1 aliphatic heterocycles. The third kappa shape index (κ3) is 4.97. The maximum absolute atomic E-state index is 11.9. The molecule has 136 valence electrons. The first-order valence-corrected chi connectivity index (χ1v) is 9.24. The van der Waals surface area contributed by atoms with Crippen LogP contribution in [0.5, 0.6) is 0 Å². The van der Waals surface area contributed by atoms with Crippen LogP contribution in [-0.4, -0.2) is 43.4 Å². The second-order valence-electron chi connectivity index (χ2n) is 6.52. The minimum absolute atomic E-state index is 0.0819. The first-order chi connectivity index (χ1) is 12.1. The number of rotatable bonds is 7. The topological polar surface area (TPSA) is 63.4 Å². The largest absolute Gasteiger partial charge is 0.376 e. The normalized spacial score (nSPS) is 17.8. The molecule has 1 saturated heterocycles. The van der Waals surface area contributed by atoms with Gasteiger partial charge < -0.3 is 19.8 Å². The van der Waals surface area contributed by atoms with Gasteiger partial charge in [-0.05, 0) is 56.4 Å². The van der Waals surface area contributed by atoms with Crippen molar-refractivity contribution in [3.8, 4) is 0 Å². The first kappa shape index (κ1) is 18.2. The molecule has 5 nitrogen and oxygen atoms in total. The molecule has 0 bridgehead atoms. The van der Waals surface area contributed by atoms with E-state index in [9.17, 15) is 4.79 Å². The molecule has 3 rings (SSSR count). The van der Waals surface area contributed by atoms with Gasteiger partial charge in [0.15, 0.2) is 0 Å². The number of fused-ring (bicyclic) bond motifs is 1. The lowest BCUT2D eigenvalue weighted by Crippen LogP contribution is -2.32. The van der Waals surface area contributed by atoms with Crippen molar-refractivity contribution in [2.75, 3.05) is 26.4 Å². The molecule has 1 atom stereocenters. The number of ether oxygens (including phenoxy) is 2. The molecule has 1 aromatic heterocycles. The van der Waals surface area contributed by atoms with E-state index < -0.39 is 0 Å². The first-order valence-electron chi connectivity index (χ1n) is 8.86. The van der Waals surface area contributed by atoms with Gasteiger partial charge in [-0.15, -0.1) is 0 Å². The number of carbonyl (C=O) groups excluding carboxylic acids is 1.